The number of hydrogen-bond donors (Lipinski definition) is 4. The molecule has 1 fully saturated rings. The molecular weight excluding hydrogens is 470 g/mol. The fourth-order valence-electron chi connectivity index (χ4n) is 6.88. The first-order valence-electron chi connectivity index (χ1n) is 13.1. The van der Waals surface area contributed by atoms with Gasteiger partial charge >= 0.3 is 5.97 Å². The Morgan fingerprint density at radius 3 is 2.57 bits per heavy atom. The van der Waals surface area contributed by atoms with Gasteiger partial charge in [0, 0.05) is 24.8 Å². The second kappa shape index (κ2) is 10.6. The lowest BCUT2D eigenvalue weighted by molar-refractivity contribution is -0.161. The van der Waals surface area contributed by atoms with Crippen LogP contribution in [0.3, 0.4) is 0 Å². The number of carbonyl (C=O) groups is 2. The van der Waals surface area contributed by atoms with Gasteiger partial charge in [0.15, 0.2) is 0 Å². The van der Waals surface area contributed by atoms with Crippen LogP contribution in [-0.2, 0) is 20.7 Å². The van der Waals surface area contributed by atoms with Gasteiger partial charge in [-0.25, -0.2) is 0 Å². The van der Waals surface area contributed by atoms with Crippen LogP contribution in [0.25, 0.3) is 0 Å². The average Bonchev–Trinajstić information content (AvgIpc) is 3.10. The third-order valence-corrected chi connectivity index (χ3v) is 8.35. The van der Waals surface area contributed by atoms with Gasteiger partial charge in [-0.15, -0.1) is 0 Å². The van der Waals surface area contributed by atoms with Crippen molar-refractivity contribution >= 4 is 11.9 Å². The van der Waals surface area contributed by atoms with Gasteiger partial charge in [-0.2, -0.15) is 0 Å². The molecule has 1 heterocycles. The zero-order valence-corrected chi connectivity index (χ0v) is 22.1. The van der Waals surface area contributed by atoms with Gasteiger partial charge in [-0.3, -0.25) is 9.59 Å². The Hall–Kier alpha value is -2.74. The van der Waals surface area contributed by atoms with Crippen LogP contribution in [0.15, 0.2) is 65.8 Å². The van der Waals surface area contributed by atoms with Crippen LogP contribution in [-0.4, -0.2) is 57.7 Å². The maximum Gasteiger partial charge on any atom is 0.303 e. The number of rotatable bonds is 4. The summed E-state index contributed by atoms with van der Waals surface area (Å²) in [6.45, 7) is 6.54. The summed E-state index contributed by atoms with van der Waals surface area (Å²) >= 11 is 0. The molecule has 1 aromatic carbocycles. The molecule has 1 amide bonds. The number of hydrogen-bond acceptors (Lipinski definition) is 6. The first kappa shape index (κ1) is 27.3. The predicted molar refractivity (Wildman–Crippen MR) is 140 cm³/mol. The summed E-state index contributed by atoms with van der Waals surface area (Å²) in [6, 6.07) is 9.47. The minimum atomic E-state index is -1.37. The molecule has 7 heteroatoms. The third-order valence-electron chi connectivity index (χ3n) is 8.35. The van der Waals surface area contributed by atoms with E-state index in [2.05, 4.69) is 5.32 Å². The Labute approximate surface area is 218 Å². The Balaban J connectivity index is 1.97. The van der Waals surface area contributed by atoms with Gasteiger partial charge in [0.2, 0.25) is 5.91 Å². The smallest absolute Gasteiger partial charge is 0.303 e. The molecule has 1 spiro atoms. The highest BCUT2D eigenvalue weighted by atomic mass is 16.5. The van der Waals surface area contributed by atoms with Gasteiger partial charge in [0.25, 0.3) is 0 Å². The van der Waals surface area contributed by atoms with E-state index in [1.165, 1.54) is 6.92 Å². The van der Waals surface area contributed by atoms with Crippen LogP contribution in [0.4, 0.5) is 0 Å². The Kier molecular flexibility index (Phi) is 7.79. The predicted octanol–water partition coefficient (Wildman–Crippen LogP) is 2.85. The van der Waals surface area contributed by atoms with E-state index >= 15 is 0 Å². The van der Waals surface area contributed by atoms with Crippen molar-refractivity contribution in [2.45, 2.75) is 70.8 Å². The van der Waals surface area contributed by atoms with Crippen molar-refractivity contribution in [3.05, 3.63) is 71.3 Å². The number of aliphatic hydroxyl groups is 3. The van der Waals surface area contributed by atoms with Crippen molar-refractivity contribution in [3.8, 4) is 0 Å². The average molecular weight is 510 g/mol. The van der Waals surface area contributed by atoms with Gasteiger partial charge in [0.1, 0.15) is 11.5 Å². The minimum Gasteiger partial charge on any atom is -0.457 e. The van der Waals surface area contributed by atoms with Crippen LogP contribution in [0.2, 0.25) is 0 Å². The quantitative estimate of drug-likeness (QED) is 0.366. The van der Waals surface area contributed by atoms with Crippen molar-refractivity contribution in [2.75, 3.05) is 6.61 Å². The zero-order chi connectivity index (χ0) is 27.0. The number of esters is 1. The molecule has 1 aromatic rings. The van der Waals surface area contributed by atoms with Gasteiger partial charge in [-0.1, -0.05) is 61.1 Å². The number of aliphatic hydroxyl groups excluding tert-OH is 2. The van der Waals surface area contributed by atoms with Crippen molar-refractivity contribution in [3.63, 3.8) is 0 Å². The molecule has 7 nitrogen and oxygen atoms in total. The number of ether oxygens (including phenoxy) is 1. The van der Waals surface area contributed by atoms with Crippen molar-refractivity contribution in [1.82, 2.24) is 5.32 Å². The lowest BCUT2D eigenvalue weighted by atomic mass is 9.54. The number of nitrogens with one attached hydrogen (secondary N) is 1. The van der Waals surface area contributed by atoms with Crippen LogP contribution in [0.1, 0.15) is 46.1 Å². The first-order chi connectivity index (χ1) is 17.5. The molecule has 1 saturated heterocycles. The molecule has 1 aliphatic heterocycles. The molecule has 4 rings (SSSR count). The van der Waals surface area contributed by atoms with E-state index in [0.717, 1.165) is 11.1 Å². The molecule has 0 saturated carbocycles. The van der Waals surface area contributed by atoms with E-state index in [-0.39, 0.29) is 24.5 Å². The van der Waals surface area contributed by atoms with Crippen molar-refractivity contribution in [2.24, 2.45) is 23.2 Å². The van der Waals surface area contributed by atoms with Gasteiger partial charge < -0.3 is 25.4 Å². The molecule has 0 aromatic heterocycles. The molecule has 3 aliphatic rings. The highest BCUT2D eigenvalue weighted by Crippen LogP contribution is 2.57. The van der Waals surface area contributed by atoms with E-state index in [0.29, 0.717) is 24.8 Å². The number of amides is 1. The maximum atomic E-state index is 14.2. The lowest BCUT2D eigenvalue weighted by Crippen LogP contribution is -2.58. The Morgan fingerprint density at radius 2 is 1.92 bits per heavy atom. The van der Waals surface area contributed by atoms with Crippen LogP contribution in [0.5, 0.6) is 0 Å². The summed E-state index contributed by atoms with van der Waals surface area (Å²) in [7, 11) is 0. The highest BCUT2D eigenvalue weighted by Gasteiger charge is 2.67. The summed E-state index contributed by atoms with van der Waals surface area (Å²) in [6.07, 6.45) is 6.51. The monoisotopic (exact) mass is 509 g/mol. The van der Waals surface area contributed by atoms with Crippen LogP contribution in [0, 0.1) is 23.2 Å². The van der Waals surface area contributed by atoms with Crippen LogP contribution < -0.4 is 5.32 Å². The third kappa shape index (κ3) is 5.05. The molecule has 4 N–H and O–H groups in total. The first-order valence-corrected chi connectivity index (χ1v) is 13.1. The van der Waals surface area contributed by atoms with Crippen LogP contribution >= 0.6 is 0 Å². The van der Waals surface area contributed by atoms with E-state index < -0.39 is 41.0 Å². The van der Waals surface area contributed by atoms with Gasteiger partial charge in [0.05, 0.1) is 18.3 Å². The lowest BCUT2D eigenvalue weighted by Gasteiger charge is -2.49. The minimum absolute atomic E-state index is 0.131. The number of allylic oxidation sites excluding steroid dienone is 1. The second-order valence-electron chi connectivity index (χ2n) is 11.2. The second-order valence-corrected chi connectivity index (χ2v) is 11.2. The van der Waals surface area contributed by atoms with E-state index in [9.17, 15) is 24.9 Å². The molecule has 8 atom stereocenters. The van der Waals surface area contributed by atoms with E-state index in [1.807, 2.05) is 56.3 Å². The largest absolute Gasteiger partial charge is 0.457 e. The Morgan fingerprint density at radius 1 is 1.22 bits per heavy atom. The summed E-state index contributed by atoms with van der Waals surface area (Å²) < 4.78 is 5.86. The standard InChI is InChI=1S/C30H39NO6/c1-18-9-8-12-23-27(34)22(17-32)19(2)26-24(15-21-10-6-5-7-11-21)31-28(35)30(23,26)25(37-20(3)33)13-14-29(4,36)16-18/h5-8,10-14,18,23-27,32,34,36H,9,15-17H2,1-4H3,(H,31,35)/t18-,23-,24-,25+,26-,27+,29-,30+/m0/s1. The highest BCUT2D eigenvalue weighted by molar-refractivity contribution is 5.89. The normalized spacial score (nSPS) is 37.9. The molecule has 37 heavy (non-hydrogen) atoms. The zero-order valence-electron chi connectivity index (χ0n) is 22.1. The summed E-state index contributed by atoms with van der Waals surface area (Å²) in [4.78, 5) is 26.6. The topological polar surface area (TPSA) is 116 Å². The fourth-order valence-corrected chi connectivity index (χ4v) is 6.88. The molecule has 0 unspecified atom stereocenters. The SMILES string of the molecule is CC(=O)O[C@@H]1C=C[C@](C)(O)C[C@@H](C)CC=C[C@H]2[C@H](O)C(CO)=C(C)[C@H]3[C@H](Cc4ccccc4)NC(=O)[C@@]123. The number of carbonyl (C=O) groups excluding carboxylic acids is 2. The molecule has 200 valence electrons. The molecule has 0 bridgehead atoms. The Bertz CT molecular complexity index is 1110. The summed E-state index contributed by atoms with van der Waals surface area (Å²) in [5.41, 5.74) is -0.298. The molecule has 0 radical (unpaired) electrons. The van der Waals surface area contributed by atoms with Gasteiger partial charge in [-0.05, 0) is 56.2 Å². The van der Waals surface area contributed by atoms with Crippen molar-refractivity contribution in [1.29, 1.82) is 0 Å². The fraction of sp³-hybridized carbons (Fsp3) is 0.533. The number of benzene rings is 1. The van der Waals surface area contributed by atoms with E-state index in [1.54, 1.807) is 19.1 Å². The summed E-state index contributed by atoms with van der Waals surface area (Å²) in [5.74, 6) is -1.97. The summed E-state index contributed by atoms with van der Waals surface area (Å²) in [5, 5.41) is 36.1. The molecular formula is C30H39NO6. The maximum absolute atomic E-state index is 14.2. The molecule has 2 aliphatic carbocycles. The van der Waals surface area contributed by atoms with E-state index in [4.69, 9.17) is 4.74 Å². The van der Waals surface area contributed by atoms with Crippen molar-refractivity contribution < 1.29 is 29.6 Å².